The van der Waals surface area contributed by atoms with Gasteiger partial charge in [-0.3, -0.25) is 0 Å². The molecule has 0 unspecified atom stereocenters. The molecule has 102 valence electrons. The van der Waals surface area contributed by atoms with Gasteiger partial charge in [0, 0.05) is 17.0 Å². The molecule has 0 spiro atoms. The fourth-order valence-corrected chi connectivity index (χ4v) is 2.82. The van der Waals surface area contributed by atoms with Crippen molar-refractivity contribution in [3.05, 3.63) is 16.7 Å². The molecule has 5 nitrogen and oxygen atoms in total. The van der Waals surface area contributed by atoms with Crippen molar-refractivity contribution in [1.29, 1.82) is 0 Å². The molecule has 1 N–H and O–H groups in total. The van der Waals surface area contributed by atoms with Gasteiger partial charge >= 0.3 is 5.97 Å². The number of hydrogen-bond acceptors (Lipinski definition) is 4. The van der Waals surface area contributed by atoms with Gasteiger partial charge in [-0.25, -0.2) is 9.79 Å². The Bertz CT molecular complexity index is 593. The second-order valence-electron chi connectivity index (χ2n) is 4.71. The molecule has 1 aliphatic heterocycles. The molecule has 2 rings (SSSR count). The molecular formula is C13H14ClNO4. The summed E-state index contributed by atoms with van der Waals surface area (Å²) in [6.07, 6.45) is 0. The van der Waals surface area contributed by atoms with Crippen molar-refractivity contribution in [3.8, 4) is 11.5 Å². The third kappa shape index (κ3) is 1.85. The van der Waals surface area contributed by atoms with E-state index in [9.17, 15) is 9.90 Å². The number of hydrogen-bond donors (Lipinski definition) is 1. The normalized spacial score (nSPS) is 15.7. The quantitative estimate of drug-likeness (QED) is 0.926. The van der Waals surface area contributed by atoms with Crippen molar-refractivity contribution in [1.82, 2.24) is 0 Å². The summed E-state index contributed by atoms with van der Waals surface area (Å²) < 4.78 is 10.4. The van der Waals surface area contributed by atoms with Gasteiger partial charge in [0.2, 0.25) is 0 Å². The van der Waals surface area contributed by atoms with Crippen LogP contribution in [0.15, 0.2) is 11.1 Å². The average Bonchev–Trinajstić information content (AvgIpc) is 2.60. The van der Waals surface area contributed by atoms with Crippen LogP contribution in [-0.2, 0) is 10.2 Å². The van der Waals surface area contributed by atoms with Crippen LogP contribution in [-0.4, -0.2) is 31.0 Å². The molecule has 0 amide bonds. The maximum Gasteiger partial charge on any atom is 0.351 e. The van der Waals surface area contributed by atoms with Gasteiger partial charge in [-0.15, -0.1) is 0 Å². The zero-order valence-electron chi connectivity index (χ0n) is 11.1. The van der Waals surface area contributed by atoms with Gasteiger partial charge < -0.3 is 14.6 Å². The maximum absolute atomic E-state index is 11.3. The number of methoxy groups -OCH3 is 2. The minimum Gasteiger partial charge on any atom is -0.493 e. The van der Waals surface area contributed by atoms with Crippen LogP contribution in [0.3, 0.4) is 0 Å². The first-order chi connectivity index (χ1) is 8.84. The first-order valence-electron chi connectivity index (χ1n) is 5.62. The number of carbonyl (C=O) groups is 1. The number of halogens is 1. The molecule has 1 aliphatic rings. The standard InChI is InChI=1S/C13H14ClNO4/c1-13(2)8-6(15-11(13)12(16)17)5-7(18-3)10(19-4)9(8)14/h5H,1-4H3,(H,16,17). The third-order valence-corrected chi connectivity index (χ3v) is 3.60. The number of aliphatic carboxylic acids is 1. The van der Waals surface area contributed by atoms with E-state index in [2.05, 4.69) is 4.99 Å². The van der Waals surface area contributed by atoms with Gasteiger partial charge in [0.05, 0.1) is 24.9 Å². The maximum atomic E-state index is 11.3. The highest BCUT2D eigenvalue weighted by molar-refractivity contribution is 6.43. The monoisotopic (exact) mass is 283 g/mol. The summed E-state index contributed by atoms with van der Waals surface area (Å²) in [5.41, 5.74) is 0.423. The molecule has 0 radical (unpaired) electrons. The molecule has 0 saturated carbocycles. The summed E-state index contributed by atoms with van der Waals surface area (Å²) in [4.78, 5) is 15.4. The minimum absolute atomic E-state index is 0.0553. The topological polar surface area (TPSA) is 68.1 Å². The molecule has 1 aromatic rings. The van der Waals surface area contributed by atoms with Gasteiger partial charge in [-0.1, -0.05) is 11.6 Å². The summed E-state index contributed by atoms with van der Waals surface area (Å²) >= 11 is 6.32. The fraction of sp³-hybridized carbons (Fsp3) is 0.385. The lowest BCUT2D eigenvalue weighted by Crippen LogP contribution is -2.32. The SMILES string of the molecule is COc1cc2c(c(Cl)c1OC)C(C)(C)C(C(=O)O)=N2. The second-order valence-corrected chi connectivity index (χ2v) is 5.09. The average molecular weight is 284 g/mol. The molecule has 0 bridgehead atoms. The Morgan fingerprint density at radius 2 is 2.00 bits per heavy atom. The van der Waals surface area contributed by atoms with Crippen LogP contribution < -0.4 is 9.47 Å². The van der Waals surface area contributed by atoms with Crippen LogP contribution >= 0.6 is 11.6 Å². The first-order valence-corrected chi connectivity index (χ1v) is 5.99. The summed E-state index contributed by atoms with van der Waals surface area (Å²) in [6.45, 7) is 3.53. The van der Waals surface area contributed by atoms with E-state index in [-0.39, 0.29) is 5.71 Å². The van der Waals surface area contributed by atoms with Gasteiger partial charge in [-0.05, 0) is 13.8 Å². The Balaban J connectivity index is 2.74. The van der Waals surface area contributed by atoms with Gasteiger partial charge in [0.15, 0.2) is 11.5 Å². The molecule has 1 aromatic carbocycles. The second kappa shape index (κ2) is 4.42. The highest BCUT2D eigenvalue weighted by Gasteiger charge is 2.42. The molecule has 0 aromatic heterocycles. The fourth-order valence-electron chi connectivity index (χ4n) is 2.31. The molecule has 1 heterocycles. The molecule has 0 aliphatic carbocycles. The van der Waals surface area contributed by atoms with Crippen molar-refractivity contribution in [3.63, 3.8) is 0 Å². The summed E-state index contributed by atoms with van der Waals surface area (Å²) in [7, 11) is 2.97. The van der Waals surface area contributed by atoms with Crippen LogP contribution in [0.25, 0.3) is 0 Å². The number of carboxylic acids is 1. The largest absolute Gasteiger partial charge is 0.493 e. The molecule has 6 heteroatoms. The van der Waals surface area contributed by atoms with E-state index in [0.717, 1.165) is 0 Å². The first kappa shape index (κ1) is 13.7. The predicted octanol–water partition coefficient (Wildman–Crippen LogP) is 2.81. The number of ether oxygens (including phenoxy) is 2. The van der Waals surface area contributed by atoms with E-state index < -0.39 is 11.4 Å². The van der Waals surface area contributed by atoms with E-state index in [1.165, 1.54) is 14.2 Å². The Hall–Kier alpha value is -1.75. The Labute approximate surface area is 115 Å². The Kier molecular flexibility index (Phi) is 3.18. The summed E-state index contributed by atoms with van der Waals surface area (Å²) in [5.74, 6) is -0.245. The lowest BCUT2D eigenvalue weighted by molar-refractivity contribution is -0.129. The van der Waals surface area contributed by atoms with Crippen molar-refractivity contribution < 1.29 is 19.4 Å². The van der Waals surface area contributed by atoms with Crippen molar-refractivity contribution in [2.75, 3.05) is 14.2 Å². The summed E-state index contributed by atoms with van der Waals surface area (Å²) in [5, 5.41) is 9.56. The van der Waals surface area contributed by atoms with E-state index in [1.54, 1.807) is 19.9 Å². The molecule has 0 saturated heterocycles. The predicted molar refractivity (Wildman–Crippen MR) is 72.3 cm³/mol. The lowest BCUT2D eigenvalue weighted by Gasteiger charge is -2.22. The number of benzene rings is 1. The number of nitrogens with zero attached hydrogens (tertiary/aromatic N) is 1. The van der Waals surface area contributed by atoms with E-state index in [4.69, 9.17) is 21.1 Å². The van der Waals surface area contributed by atoms with Crippen LogP contribution in [0, 0.1) is 0 Å². The zero-order chi connectivity index (χ0) is 14.4. The highest BCUT2D eigenvalue weighted by atomic mass is 35.5. The van der Waals surface area contributed by atoms with Gasteiger partial charge in [-0.2, -0.15) is 0 Å². The lowest BCUT2D eigenvalue weighted by atomic mass is 9.81. The highest BCUT2D eigenvalue weighted by Crippen LogP contribution is 2.51. The Morgan fingerprint density at radius 1 is 1.37 bits per heavy atom. The molecule has 0 fully saturated rings. The number of carboxylic acid groups (broad SMARTS) is 1. The van der Waals surface area contributed by atoms with Gasteiger partial charge in [0.1, 0.15) is 5.71 Å². The van der Waals surface area contributed by atoms with E-state index >= 15 is 0 Å². The third-order valence-electron chi connectivity index (χ3n) is 3.24. The van der Waals surface area contributed by atoms with E-state index in [0.29, 0.717) is 27.8 Å². The van der Waals surface area contributed by atoms with Crippen LogP contribution in [0.1, 0.15) is 19.4 Å². The number of fused-ring (bicyclic) bond motifs is 1. The molecule has 0 atom stereocenters. The van der Waals surface area contributed by atoms with Crippen LogP contribution in [0.5, 0.6) is 11.5 Å². The zero-order valence-corrected chi connectivity index (χ0v) is 11.8. The van der Waals surface area contributed by atoms with Crippen molar-refractivity contribution >= 4 is 29.0 Å². The van der Waals surface area contributed by atoms with Gasteiger partial charge in [0.25, 0.3) is 0 Å². The van der Waals surface area contributed by atoms with E-state index in [1.807, 2.05) is 0 Å². The van der Waals surface area contributed by atoms with Crippen molar-refractivity contribution in [2.45, 2.75) is 19.3 Å². The molecular weight excluding hydrogens is 270 g/mol. The Morgan fingerprint density at radius 3 is 2.47 bits per heavy atom. The van der Waals surface area contributed by atoms with Crippen LogP contribution in [0.4, 0.5) is 5.69 Å². The number of aliphatic imine (C=N–C) groups is 1. The minimum atomic E-state index is -1.06. The number of rotatable bonds is 3. The summed E-state index contributed by atoms with van der Waals surface area (Å²) in [6, 6.07) is 1.64. The van der Waals surface area contributed by atoms with Crippen molar-refractivity contribution in [2.24, 2.45) is 4.99 Å². The molecule has 19 heavy (non-hydrogen) atoms. The van der Waals surface area contributed by atoms with Crippen LogP contribution in [0.2, 0.25) is 5.02 Å². The smallest absolute Gasteiger partial charge is 0.351 e.